The Kier molecular flexibility index (Phi) is 6.17. The van der Waals surface area contributed by atoms with E-state index in [0.717, 1.165) is 16.5 Å². The van der Waals surface area contributed by atoms with E-state index in [4.69, 9.17) is 4.42 Å². The van der Waals surface area contributed by atoms with E-state index in [2.05, 4.69) is 38.4 Å². The summed E-state index contributed by atoms with van der Waals surface area (Å²) in [5.41, 5.74) is 0.857. The summed E-state index contributed by atoms with van der Waals surface area (Å²) in [4.78, 5) is 12.4. The van der Waals surface area contributed by atoms with Crippen LogP contribution in [0.25, 0.3) is 11.5 Å². The summed E-state index contributed by atoms with van der Waals surface area (Å²) in [7, 11) is 0. The third kappa shape index (κ3) is 4.85. The van der Waals surface area contributed by atoms with Crippen LogP contribution in [0.5, 0.6) is 0 Å². The van der Waals surface area contributed by atoms with Crippen molar-refractivity contribution < 1.29 is 9.21 Å². The highest BCUT2D eigenvalue weighted by atomic mass is 79.9. The molecular weight excluding hydrogens is 402 g/mol. The Hall–Kier alpha value is -1.34. The summed E-state index contributed by atoms with van der Waals surface area (Å²) in [6, 6.07) is 7.95. The van der Waals surface area contributed by atoms with Gasteiger partial charge >= 0.3 is 0 Å². The number of thioether (sulfide) groups is 1. The average molecular weight is 424 g/mol. The molecule has 1 aliphatic rings. The van der Waals surface area contributed by atoms with Gasteiger partial charge in [-0.1, -0.05) is 47.5 Å². The van der Waals surface area contributed by atoms with Crippen molar-refractivity contribution in [2.45, 2.75) is 56.0 Å². The summed E-state index contributed by atoms with van der Waals surface area (Å²) in [6.07, 6.45) is 4.71. The van der Waals surface area contributed by atoms with Crippen molar-refractivity contribution in [1.82, 2.24) is 15.5 Å². The Morgan fingerprint density at radius 2 is 2.00 bits per heavy atom. The van der Waals surface area contributed by atoms with Gasteiger partial charge in [0.15, 0.2) is 0 Å². The zero-order valence-corrected chi connectivity index (χ0v) is 16.8. The molecule has 25 heavy (non-hydrogen) atoms. The van der Waals surface area contributed by atoms with E-state index in [1.165, 1.54) is 31.0 Å². The first kappa shape index (κ1) is 18.5. The molecule has 1 aromatic carbocycles. The second-order valence-corrected chi connectivity index (χ2v) is 8.72. The first-order valence-electron chi connectivity index (χ1n) is 8.59. The normalized spacial score (nSPS) is 21.7. The van der Waals surface area contributed by atoms with Gasteiger partial charge in [-0.3, -0.25) is 4.79 Å². The number of hydrogen-bond acceptors (Lipinski definition) is 5. The highest BCUT2D eigenvalue weighted by Gasteiger charge is 2.26. The van der Waals surface area contributed by atoms with E-state index >= 15 is 0 Å². The Morgan fingerprint density at radius 3 is 2.72 bits per heavy atom. The lowest BCUT2D eigenvalue weighted by atomic mass is 9.86. The molecule has 1 heterocycles. The van der Waals surface area contributed by atoms with Gasteiger partial charge in [-0.25, -0.2) is 0 Å². The summed E-state index contributed by atoms with van der Waals surface area (Å²) < 4.78 is 6.68. The van der Waals surface area contributed by atoms with Crippen molar-refractivity contribution in [3.05, 3.63) is 28.7 Å². The topological polar surface area (TPSA) is 68.0 Å². The number of amides is 1. The van der Waals surface area contributed by atoms with Crippen LogP contribution in [0.15, 0.2) is 38.4 Å². The van der Waals surface area contributed by atoms with E-state index in [1.807, 2.05) is 31.2 Å². The number of halogens is 1. The second kappa shape index (κ2) is 8.36. The fourth-order valence-corrected chi connectivity index (χ4v) is 3.96. The molecule has 1 aliphatic carbocycles. The summed E-state index contributed by atoms with van der Waals surface area (Å²) in [5, 5.41) is 11.4. The number of hydrogen-bond donors (Lipinski definition) is 1. The molecular formula is C18H22BrN3O2S. The molecule has 5 nitrogen and oxygen atoms in total. The molecule has 0 aliphatic heterocycles. The lowest BCUT2D eigenvalue weighted by molar-refractivity contribution is -0.121. The molecule has 1 amide bonds. The molecule has 134 valence electrons. The monoisotopic (exact) mass is 423 g/mol. The molecule has 1 aromatic heterocycles. The minimum atomic E-state index is -0.271. The lowest BCUT2D eigenvalue weighted by Gasteiger charge is -2.30. The molecule has 3 unspecified atom stereocenters. The first-order valence-corrected chi connectivity index (χ1v) is 10.3. The van der Waals surface area contributed by atoms with Crippen LogP contribution in [-0.4, -0.2) is 27.4 Å². The van der Waals surface area contributed by atoms with Crippen molar-refractivity contribution in [3.63, 3.8) is 0 Å². The summed E-state index contributed by atoms with van der Waals surface area (Å²) >= 11 is 4.70. The van der Waals surface area contributed by atoms with Gasteiger partial charge in [0, 0.05) is 16.1 Å². The van der Waals surface area contributed by atoms with Gasteiger partial charge in [0.2, 0.25) is 11.8 Å². The molecule has 0 radical (unpaired) electrons. The Labute approximate surface area is 160 Å². The van der Waals surface area contributed by atoms with Crippen molar-refractivity contribution in [3.8, 4) is 11.5 Å². The number of carbonyl (C=O) groups is 1. The van der Waals surface area contributed by atoms with E-state index in [9.17, 15) is 4.79 Å². The predicted molar refractivity (Wildman–Crippen MR) is 102 cm³/mol. The Bertz CT molecular complexity index is 719. The Morgan fingerprint density at radius 1 is 1.28 bits per heavy atom. The van der Waals surface area contributed by atoms with Crippen LogP contribution in [0.4, 0.5) is 0 Å². The number of carbonyl (C=O) groups excluding carboxylic acids is 1. The molecule has 1 fully saturated rings. The van der Waals surface area contributed by atoms with E-state index in [1.54, 1.807) is 0 Å². The highest BCUT2D eigenvalue weighted by molar-refractivity contribution is 9.10. The largest absolute Gasteiger partial charge is 0.411 e. The molecule has 0 spiro atoms. The molecule has 3 rings (SSSR count). The fraction of sp³-hybridized carbons (Fsp3) is 0.500. The smallest absolute Gasteiger partial charge is 0.277 e. The van der Waals surface area contributed by atoms with Gasteiger partial charge < -0.3 is 9.73 Å². The number of rotatable bonds is 5. The van der Waals surface area contributed by atoms with Crippen molar-refractivity contribution in [2.75, 3.05) is 0 Å². The van der Waals surface area contributed by atoms with Crippen LogP contribution in [0.1, 0.15) is 39.5 Å². The average Bonchev–Trinajstić information content (AvgIpc) is 3.06. The van der Waals surface area contributed by atoms with E-state index < -0.39 is 0 Å². The van der Waals surface area contributed by atoms with Crippen LogP contribution < -0.4 is 5.32 Å². The van der Waals surface area contributed by atoms with Crippen LogP contribution >= 0.6 is 27.7 Å². The number of benzene rings is 1. The van der Waals surface area contributed by atoms with Crippen LogP contribution in [0.3, 0.4) is 0 Å². The van der Waals surface area contributed by atoms with Gasteiger partial charge in [-0.2, -0.15) is 0 Å². The maximum absolute atomic E-state index is 12.4. The quantitative estimate of drug-likeness (QED) is 0.707. The fourth-order valence-electron chi connectivity index (χ4n) is 3.00. The summed E-state index contributed by atoms with van der Waals surface area (Å²) in [5.74, 6) is 1.04. The maximum Gasteiger partial charge on any atom is 0.277 e. The predicted octanol–water partition coefficient (Wildman–Crippen LogP) is 4.67. The minimum Gasteiger partial charge on any atom is -0.411 e. The standard InChI is InChI=1S/C18H22BrN3O2S/c1-11-5-3-4-6-15(11)20-16(23)12(2)25-18-22-21-17(24-18)13-7-9-14(19)10-8-13/h7-12,15H,3-6H2,1-2H3,(H,20,23). The van der Waals surface area contributed by atoms with Gasteiger partial charge in [0.05, 0.1) is 5.25 Å². The third-order valence-corrected chi connectivity index (χ3v) is 6.05. The van der Waals surface area contributed by atoms with Crippen LogP contribution in [0, 0.1) is 5.92 Å². The van der Waals surface area contributed by atoms with E-state index in [-0.39, 0.29) is 17.2 Å². The number of aromatic nitrogens is 2. The van der Waals surface area contributed by atoms with Crippen molar-refractivity contribution in [1.29, 1.82) is 0 Å². The van der Waals surface area contributed by atoms with Crippen LogP contribution in [-0.2, 0) is 4.79 Å². The number of nitrogens with one attached hydrogen (secondary N) is 1. The number of nitrogens with zero attached hydrogens (tertiary/aromatic N) is 2. The molecule has 2 aromatic rings. The lowest BCUT2D eigenvalue weighted by Crippen LogP contribution is -2.44. The van der Waals surface area contributed by atoms with Crippen molar-refractivity contribution >= 4 is 33.6 Å². The first-order chi connectivity index (χ1) is 12.0. The van der Waals surface area contributed by atoms with E-state index in [0.29, 0.717) is 17.0 Å². The van der Waals surface area contributed by atoms with Crippen LogP contribution in [0.2, 0.25) is 0 Å². The molecule has 0 saturated heterocycles. The zero-order chi connectivity index (χ0) is 17.8. The Balaban J connectivity index is 1.58. The van der Waals surface area contributed by atoms with Gasteiger partial charge in [-0.05, 0) is 49.9 Å². The molecule has 1 N–H and O–H groups in total. The maximum atomic E-state index is 12.4. The van der Waals surface area contributed by atoms with Crippen molar-refractivity contribution in [2.24, 2.45) is 5.92 Å². The summed E-state index contributed by atoms with van der Waals surface area (Å²) in [6.45, 7) is 4.08. The minimum absolute atomic E-state index is 0.0344. The second-order valence-electron chi connectivity index (χ2n) is 6.52. The zero-order valence-electron chi connectivity index (χ0n) is 14.4. The molecule has 0 bridgehead atoms. The third-order valence-electron chi connectivity index (χ3n) is 4.58. The molecule has 1 saturated carbocycles. The van der Waals surface area contributed by atoms with Gasteiger partial charge in [0.1, 0.15) is 0 Å². The van der Waals surface area contributed by atoms with Gasteiger partial charge in [-0.15, -0.1) is 10.2 Å². The van der Waals surface area contributed by atoms with Gasteiger partial charge in [0.25, 0.3) is 5.22 Å². The molecule has 3 atom stereocenters. The molecule has 7 heteroatoms. The highest BCUT2D eigenvalue weighted by Crippen LogP contribution is 2.28. The SMILES string of the molecule is CC(Sc1nnc(-c2ccc(Br)cc2)o1)C(=O)NC1CCCCC1C.